The van der Waals surface area contributed by atoms with Crippen molar-refractivity contribution in [3.8, 4) is 23.0 Å². The van der Waals surface area contributed by atoms with E-state index in [1.165, 1.54) is 7.11 Å². The molecule has 0 radical (unpaired) electrons. The number of hydrogen-bond donors (Lipinski definition) is 2. The molecule has 1 aliphatic heterocycles. The van der Waals surface area contributed by atoms with Crippen molar-refractivity contribution in [3.05, 3.63) is 47.5 Å². The summed E-state index contributed by atoms with van der Waals surface area (Å²) in [5.74, 6) is 1.70. The molecule has 6 heteroatoms. The highest BCUT2D eigenvalue weighted by atomic mass is 16.5. The number of phenols is 1. The summed E-state index contributed by atoms with van der Waals surface area (Å²) in [7, 11) is 4.67. The molecule has 6 nitrogen and oxygen atoms in total. The second kappa shape index (κ2) is 8.06. The van der Waals surface area contributed by atoms with Gasteiger partial charge in [-0.2, -0.15) is 0 Å². The van der Waals surface area contributed by atoms with Crippen LogP contribution in [0.25, 0.3) is 0 Å². The van der Waals surface area contributed by atoms with Crippen LogP contribution in [-0.4, -0.2) is 38.1 Å². The molecular weight excluding hydrogens is 348 g/mol. The molecule has 1 aliphatic rings. The van der Waals surface area contributed by atoms with Crippen molar-refractivity contribution in [2.75, 3.05) is 27.9 Å². The van der Waals surface area contributed by atoms with Gasteiger partial charge in [0, 0.05) is 5.92 Å². The van der Waals surface area contributed by atoms with Gasteiger partial charge < -0.3 is 29.2 Å². The van der Waals surface area contributed by atoms with Crippen LogP contribution in [0.2, 0.25) is 0 Å². The van der Waals surface area contributed by atoms with Crippen molar-refractivity contribution in [2.24, 2.45) is 11.8 Å². The van der Waals surface area contributed by atoms with Crippen LogP contribution in [0.3, 0.4) is 0 Å². The molecule has 1 heterocycles. The van der Waals surface area contributed by atoms with Crippen LogP contribution in [0.1, 0.15) is 30.3 Å². The summed E-state index contributed by atoms with van der Waals surface area (Å²) in [5.41, 5.74) is 1.68. The molecule has 0 amide bonds. The average molecular weight is 374 g/mol. The van der Waals surface area contributed by atoms with Crippen molar-refractivity contribution in [3.63, 3.8) is 0 Å². The fourth-order valence-corrected chi connectivity index (χ4v) is 3.68. The van der Waals surface area contributed by atoms with E-state index in [9.17, 15) is 10.2 Å². The summed E-state index contributed by atoms with van der Waals surface area (Å²) in [4.78, 5) is 0. The molecule has 1 fully saturated rings. The largest absolute Gasteiger partial charge is 0.504 e. The van der Waals surface area contributed by atoms with Crippen molar-refractivity contribution in [1.29, 1.82) is 0 Å². The highest BCUT2D eigenvalue weighted by molar-refractivity contribution is 5.44. The van der Waals surface area contributed by atoms with Gasteiger partial charge >= 0.3 is 0 Å². The van der Waals surface area contributed by atoms with Gasteiger partial charge in [0.25, 0.3) is 0 Å². The Kier molecular flexibility index (Phi) is 5.77. The number of ether oxygens (including phenoxy) is 4. The van der Waals surface area contributed by atoms with Crippen LogP contribution in [0, 0.1) is 11.8 Å². The Morgan fingerprint density at radius 3 is 2.33 bits per heavy atom. The number of methoxy groups -OCH3 is 3. The van der Waals surface area contributed by atoms with E-state index in [1.807, 2.05) is 12.1 Å². The monoisotopic (exact) mass is 374 g/mol. The number of phenolic OH excluding ortho intramolecular Hbond substituents is 1. The van der Waals surface area contributed by atoms with Gasteiger partial charge in [0.15, 0.2) is 23.0 Å². The zero-order chi connectivity index (χ0) is 19.6. The first-order valence-corrected chi connectivity index (χ1v) is 8.88. The molecule has 0 aromatic heterocycles. The second-order valence-corrected chi connectivity index (χ2v) is 6.77. The number of benzene rings is 2. The minimum Gasteiger partial charge on any atom is -0.504 e. The van der Waals surface area contributed by atoms with E-state index in [-0.39, 0.29) is 23.7 Å². The summed E-state index contributed by atoms with van der Waals surface area (Å²) in [6, 6.07) is 10.6. The van der Waals surface area contributed by atoms with Gasteiger partial charge in [-0.05, 0) is 41.3 Å². The zero-order valence-electron chi connectivity index (χ0n) is 16.0. The Morgan fingerprint density at radius 1 is 0.963 bits per heavy atom. The van der Waals surface area contributed by atoms with Gasteiger partial charge in [0.2, 0.25) is 0 Å². The summed E-state index contributed by atoms with van der Waals surface area (Å²) < 4.78 is 21.8. The summed E-state index contributed by atoms with van der Waals surface area (Å²) in [6.07, 6.45) is -0.872. The molecule has 2 aromatic rings. The Hall–Kier alpha value is -2.44. The summed E-state index contributed by atoms with van der Waals surface area (Å²) >= 11 is 0. The van der Waals surface area contributed by atoms with E-state index in [0.29, 0.717) is 23.9 Å². The van der Waals surface area contributed by atoms with Crippen LogP contribution in [-0.2, 0) is 4.74 Å². The molecule has 0 spiro atoms. The summed E-state index contributed by atoms with van der Waals surface area (Å²) in [6.45, 7) is 2.50. The van der Waals surface area contributed by atoms with Crippen LogP contribution in [0.15, 0.2) is 36.4 Å². The van der Waals surface area contributed by atoms with Crippen LogP contribution >= 0.6 is 0 Å². The van der Waals surface area contributed by atoms with Crippen LogP contribution < -0.4 is 14.2 Å². The van der Waals surface area contributed by atoms with Gasteiger partial charge in [0.05, 0.1) is 40.1 Å². The van der Waals surface area contributed by atoms with Crippen molar-refractivity contribution in [2.45, 2.75) is 19.1 Å². The Morgan fingerprint density at radius 2 is 1.67 bits per heavy atom. The second-order valence-electron chi connectivity index (χ2n) is 6.77. The fraction of sp³-hybridized carbons (Fsp3) is 0.429. The van der Waals surface area contributed by atoms with Gasteiger partial charge in [-0.1, -0.05) is 19.1 Å². The lowest BCUT2D eigenvalue weighted by Gasteiger charge is -2.24. The number of aliphatic hydroxyl groups is 1. The predicted molar refractivity (Wildman–Crippen MR) is 101 cm³/mol. The van der Waals surface area contributed by atoms with Crippen molar-refractivity contribution in [1.82, 2.24) is 0 Å². The quantitative estimate of drug-likeness (QED) is 0.806. The van der Waals surface area contributed by atoms with E-state index in [0.717, 1.165) is 11.1 Å². The Bertz CT molecular complexity index is 790. The third-order valence-corrected chi connectivity index (χ3v) is 5.31. The number of aliphatic hydroxyl groups excluding tert-OH is 1. The van der Waals surface area contributed by atoms with E-state index < -0.39 is 6.10 Å². The van der Waals surface area contributed by atoms with E-state index in [1.54, 1.807) is 38.5 Å². The molecule has 2 N–H and O–H groups in total. The smallest absolute Gasteiger partial charge is 0.161 e. The van der Waals surface area contributed by atoms with Gasteiger partial charge in [0.1, 0.15) is 0 Å². The minimum absolute atomic E-state index is 0.0716. The van der Waals surface area contributed by atoms with Gasteiger partial charge in [-0.25, -0.2) is 0 Å². The lowest BCUT2D eigenvalue weighted by molar-refractivity contribution is 0.0755. The molecular formula is C21H26O6. The Balaban J connectivity index is 1.81. The zero-order valence-corrected chi connectivity index (χ0v) is 16.0. The highest BCUT2D eigenvalue weighted by Crippen LogP contribution is 2.45. The standard InChI is InChI=1S/C21H26O6/c1-12-15(20(23)13-6-8-17(24-2)19(9-13)26-4)11-27-21(12)14-5-7-16(22)18(10-14)25-3/h5-10,12,15,20-23H,11H2,1-4H3. The maximum atomic E-state index is 10.9. The van der Waals surface area contributed by atoms with Crippen LogP contribution in [0.5, 0.6) is 23.0 Å². The Labute approximate surface area is 159 Å². The maximum absolute atomic E-state index is 10.9. The molecule has 27 heavy (non-hydrogen) atoms. The molecule has 3 rings (SSSR count). The highest BCUT2D eigenvalue weighted by Gasteiger charge is 2.39. The van der Waals surface area contributed by atoms with Gasteiger partial charge in [-0.3, -0.25) is 0 Å². The normalized spacial score (nSPS) is 23.1. The number of aromatic hydroxyl groups is 1. The van der Waals surface area contributed by atoms with E-state index in [4.69, 9.17) is 18.9 Å². The van der Waals surface area contributed by atoms with E-state index >= 15 is 0 Å². The molecule has 146 valence electrons. The topological polar surface area (TPSA) is 77.4 Å². The molecule has 0 bridgehead atoms. The fourth-order valence-electron chi connectivity index (χ4n) is 3.68. The third-order valence-electron chi connectivity index (χ3n) is 5.31. The molecule has 0 aliphatic carbocycles. The van der Waals surface area contributed by atoms with Crippen molar-refractivity contribution >= 4 is 0 Å². The minimum atomic E-state index is -0.691. The predicted octanol–water partition coefficient (Wildman–Crippen LogP) is 3.48. The first-order chi connectivity index (χ1) is 13.0. The number of rotatable bonds is 6. The molecule has 4 atom stereocenters. The molecule has 2 aromatic carbocycles. The van der Waals surface area contributed by atoms with Crippen molar-refractivity contribution < 1.29 is 29.2 Å². The van der Waals surface area contributed by atoms with Crippen LogP contribution in [0.4, 0.5) is 0 Å². The molecule has 1 saturated heterocycles. The molecule has 0 saturated carbocycles. The summed E-state index contributed by atoms with van der Waals surface area (Å²) in [5, 5.41) is 20.7. The number of hydrogen-bond acceptors (Lipinski definition) is 6. The lowest BCUT2D eigenvalue weighted by Crippen LogP contribution is -2.20. The third kappa shape index (κ3) is 3.68. The van der Waals surface area contributed by atoms with E-state index in [2.05, 4.69) is 6.92 Å². The average Bonchev–Trinajstić information content (AvgIpc) is 3.08. The SMILES string of the molecule is COc1cc(C2OCC(C(O)c3ccc(OC)c(OC)c3)C2C)ccc1O. The first kappa shape index (κ1) is 19.3. The molecule has 4 unspecified atom stereocenters. The maximum Gasteiger partial charge on any atom is 0.161 e. The first-order valence-electron chi connectivity index (χ1n) is 8.88. The van der Waals surface area contributed by atoms with Gasteiger partial charge in [-0.15, -0.1) is 0 Å². The lowest BCUT2D eigenvalue weighted by atomic mass is 9.83.